The van der Waals surface area contributed by atoms with Crippen LogP contribution in [-0.4, -0.2) is 24.7 Å². The Labute approximate surface area is 230 Å². The molecule has 1 aliphatic rings. The van der Waals surface area contributed by atoms with Crippen LogP contribution in [0.5, 0.6) is 5.75 Å². The molecular weight excluding hydrogens is 515 g/mol. The molecule has 3 aromatic carbocycles. The van der Waals surface area contributed by atoms with Crippen molar-refractivity contribution in [2.24, 2.45) is 0 Å². The van der Waals surface area contributed by atoms with Gasteiger partial charge in [-0.1, -0.05) is 60.3 Å². The minimum atomic E-state index is -0.992. The lowest BCUT2D eigenvalue weighted by molar-refractivity contribution is -0.114. The number of para-hydroxylation sites is 3. The van der Waals surface area contributed by atoms with E-state index in [1.165, 1.54) is 13.2 Å². The van der Waals surface area contributed by atoms with Crippen LogP contribution in [0.2, 0.25) is 0 Å². The number of amides is 2. The normalized spacial score (nSPS) is 14.8. The van der Waals surface area contributed by atoms with Crippen molar-refractivity contribution in [1.29, 1.82) is 5.26 Å². The predicted octanol–water partition coefficient (Wildman–Crippen LogP) is 5.85. The third kappa shape index (κ3) is 6.13. The number of benzene rings is 3. The number of ether oxygens (including phenoxy) is 1. The number of allylic oxidation sites excluding steroid dienone is 2. The minimum absolute atomic E-state index is 0.00185. The Kier molecular flexibility index (Phi) is 8.69. The first-order valence-corrected chi connectivity index (χ1v) is 13.1. The quantitative estimate of drug-likeness (QED) is 0.330. The Morgan fingerprint density at radius 2 is 1.67 bits per heavy atom. The van der Waals surface area contributed by atoms with Gasteiger partial charge in [-0.15, -0.1) is 0 Å². The minimum Gasteiger partial charge on any atom is -0.495 e. The van der Waals surface area contributed by atoms with Gasteiger partial charge in [0.25, 0.3) is 5.91 Å². The van der Waals surface area contributed by atoms with Crippen LogP contribution < -0.4 is 20.7 Å². The Morgan fingerprint density at radius 3 is 2.36 bits per heavy atom. The van der Waals surface area contributed by atoms with E-state index in [1.54, 1.807) is 49.4 Å². The molecule has 7 nitrogen and oxygen atoms in total. The summed E-state index contributed by atoms with van der Waals surface area (Å²) in [6.45, 7) is 3.58. The highest BCUT2D eigenvalue weighted by Crippen LogP contribution is 2.42. The van der Waals surface area contributed by atoms with Crippen molar-refractivity contribution in [3.8, 4) is 11.8 Å². The maximum atomic E-state index is 15.1. The summed E-state index contributed by atoms with van der Waals surface area (Å²) in [5, 5.41) is 19.4. The Bertz CT molecular complexity index is 1530. The van der Waals surface area contributed by atoms with Crippen molar-refractivity contribution in [1.82, 2.24) is 5.32 Å². The van der Waals surface area contributed by atoms with Gasteiger partial charge in [0.05, 0.1) is 41.1 Å². The van der Waals surface area contributed by atoms with E-state index >= 15 is 4.39 Å². The maximum Gasteiger partial charge on any atom is 0.254 e. The van der Waals surface area contributed by atoms with E-state index in [4.69, 9.17) is 4.74 Å². The first-order chi connectivity index (χ1) is 18.8. The summed E-state index contributed by atoms with van der Waals surface area (Å²) in [5.41, 5.74) is 3.02. The zero-order chi connectivity index (χ0) is 27.9. The monoisotopic (exact) mass is 542 g/mol. The van der Waals surface area contributed by atoms with Gasteiger partial charge in [-0.2, -0.15) is 5.26 Å². The predicted molar refractivity (Wildman–Crippen MR) is 152 cm³/mol. The summed E-state index contributed by atoms with van der Waals surface area (Å²) < 4.78 is 20.5. The second kappa shape index (κ2) is 12.3. The number of anilines is 2. The zero-order valence-corrected chi connectivity index (χ0v) is 22.5. The van der Waals surface area contributed by atoms with E-state index in [1.807, 2.05) is 31.2 Å². The molecule has 1 heterocycles. The lowest BCUT2D eigenvalue weighted by Gasteiger charge is -2.30. The molecule has 0 saturated heterocycles. The number of nitrogens with one attached hydrogen (secondary N) is 3. The van der Waals surface area contributed by atoms with E-state index in [-0.39, 0.29) is 28.4 Å². The standard InChI is InChI=1S/C30H27FN4O3S/c1-18-10-4-7-13-23(18)34-26(36)17-39-30-21(16-32)28(20-11-5-6-12-22(20)31)27(19(2)33-30)29(37)35-24-14-8-9-15-25(24)38-3/h4-15,28,33H,17H2,1-3H3,(H,34,36)(H,35,37)/t28-/m0/s1. The number of methoxy groups -OCH3 is 1. The Morgan fingerprint density at radius 1 is 1.00 bits per heavy atom. The molecule has 0 fully saturated rings. The van der Waals surface area contributed by atoms with Crippen molar-refractivity contribution in [3.05, 3.63) is 112 Å². The third-order valence-electron chi connectivity index (χ3n) is 6.23. The SMILES string of the molecule is COc1ccccc1NC(=O)C1=C(C)NC(SCC(=O)Nc2ccccc2C)=C(C#N)[C@@H]1c1ccccc1F. The van der Waals surface area contributed by atoms with E-state index in [0.29, 0.717) is 27.9 Å². The molecule has 9 heteroatoms. The number of dihydropyridines is 1. The van der Waals surface area contributed by atoms with Gasteiger partial charge in [0.15, 0.2) is 0 Å². The Hall–Kier alpha value is -4.55. The van der Waals surface area contributed by atoms with E-state index in [0.717, 1.165) is 17.3 Å². The fraction of sp³-hybridized carbons (Fsp3) is 0.167. The number of hydrogen-bond donors (Lipinski definition) is 3. The molecule has 0 aromatic heterocycles. The van der Waals surface area contributed by atoms with E-state index in [2.05, 4.69) is 22.0 Å². The molecule has 3 aromatic rings. The summed E-state index contributed by atoms with van der Waals surface area (Å²) in [7, 11) is 1.50. The highest BCUT2D eigenvalue weighted by Gasteiger charge is 2.36. The summed E-state index contributed by atoms with van der Waals surface area (Å²) in [4.78, 5) is 26.3. The molecule has 1 aliphatic heterocycles. The number of thioether (sulfide) groups is 1. The highest BCUT2D eigenvalue weighted by atomic mass is 32.2. The van der Waals surface area contributed by atoms with Crippen LogP contribution in [0.3, 0.4) is 0 Å². The van der Waals surface area contributed by atoms with Gasteiger partial charge in [-0.3, -0.25) is 9.59 Å². The zero-order valence-electron chi connectivity index (χ0n) is 21.7. The fourth-order valence-corrected chi connectivity index (χ4v) is 5.21. The molecule has 0 unspecified atom stereocenters. The van der Waals surface area contributed by atoms with Crippen molar-refractivity contribution in [2.45, 2.75) is 19.8 Å². The first kappa shape index (κ1) is 27.5. The van der Waals surface area contributed by atoms with E-state index < -0.39 is 17.6 Å². The van der Waals surface area contributed by atoms with Crippen LogP contribution in [0.25, 0.3) is 0 Å². The molecule has 0 bridgehead atoms. The van der Waals surface area contributed by atoms with Crippen LogP contribution >= 0.6 is 11.8 Å². The molecule has 0 aliphatic carbocycles. The summed E-state index contributed by atoms with van der Waals surface area (Å²) in [5.74, 6) is -1.84. The molecule has 3 N–H and O–H groups in total. The number of hydrogen-bond acceptors (Lipinski definition) is 6. The number of carbonyl (C=O) groups is 2. The molecule has 0 saturated carbocycles. The van der Waals surface area contributed by atoms with Gasteiger partial charge in [0.1, 0.15) is 11.6 Å². The van der Waals surface area contributed by atoms with Crippen LogP contribution in [0.4, 0.5) is 15.8 Å². The number of aryl methyl sites for hydroxylation is 1. The number of rotatable bonds is 8. The van der Waals surface area contributed by atoms with Gasteiger partial charge in [0.2, 0.25) is 5.91 Å². The molecule has 0 spiro atoms. The molecule has 4 rings (SSSR count). The highest BCUT2D eigenvalue weighted by molar-refractivity contribution is 8.03. The van der Waals surface area contributed by atoms with Gasteiger partial charge < -0.3 is 20.7 Å². The largest absolute Gasteiger partial charge is 0.495 e. The average molecular weight is 543 g/mol. The number of halogens is 1. The average Bonchev–Trinajstić information content (AvgIpc) is 2.93. The molecule has 198 valence electrons. The molecule has 1 atom stereocenters. The van der Waals surface area contributed by atoms with Gasteiger partial charge in [-0.25, -0.2) is 4.39 Å². The smallest absolute Gasteiger partial charge is 0.254 e. The van der Waals surface area contributed by atoms with Crippen molar-refractivity contribution >= 4 is 35.0 Å². The molecule has 2 amide bonds. The fourth-order valence-electron chi connectivity index (χ4n) is 4.32. The van der Waals surface area contributed by atoms with E-state index in [9.17, 15) is 14.9 Å². The summed E-state index contributed by atoms with van der Waals surface area (Å²) in [6, 6.07) is 22.6. The number of nitrogens with zero attached hydrogens (tertiary/aromatic N) is 1. The second-order valence-corrected chi connectivity index (χ2v) is 9.76. The summed E-state index contributed by atoms with van der Waals surface area (Å²) >= 11 is 1.12. The lowest BCUT2D eigenvalue weighted by Crippen LogP contribution is -2.31. The van der Waals surface area contributed by atoms with Gasteiger partial charge >= 0.3 is 0 Å². The summed E-state index contributed by atoms with van der Waals surface area (Å²) in [6.07, 6.45) is 0. The van der Waals surface area contributed by atoms with Crippen molar-refractivity contribution in [2.75, 3.05) is 23.5 Å². The maximum absolute atomic E-state index is 15.1. The Balaban J connectivity index is 1.66. The number of nitriles is 1. The molecule has 0 radical (unpaired) electrons. The second-order valence-electron chi connectivity index (χ2n) is 8.78. The number of carbonyl (C=O) groups excluding carboxylic acids is 2. The van der Waals surface area contributed by atoms with Crippen LogP contribution in [-0.2, 0) is 9.59 Å². The van der Waals surface area contributed by atoms with Crippen molar-refractivity contribution in [3.63, 3.8) is 0 Å². The lowest BCUT2D eigenvalue weighted by atomic mass is 9.82. The molecule has 39 heavy (non-hydrogen) atoms. The topological polar surface area (TPSA) is 103 Å². The van der Waals surface area contributed by atoms with Crippen LogP contribution in [0.15, 0.2) is 94.7 Å². The van der Waals surface area contributed by atoms with Crippen LogP contribution in [0.1, 0.15) is 24.0 Å². The van der Waals surface area contributed by atoms with Crippen LogP contribution in [0, 0.1) is 24.1 Å². The first-order valence-electron chi connectivity index (χ1n) is 12.1. The van der Waals surface area contributed by atoms with Gasteiger partial charge in [0, 0.05) is 22.5 Å². The van der Waals surface area contributed by atoms with Crippen molar-refractivity contribution < 1.29 is 18.7 Å². The van der Waals surface area contributed by atoms with Gasteiger partial charge in [-0.05, 0) is 43.7 Å². The third-order valence-corrected chi connectivity index (χ3v) is 7.25. The molecular formula is C30H27FN4O3S.